The SMILES string of the molecule is Nc1c(Cl)ncnc1NCC1CCC(=O)N1. The van der Waals surface area contributed by atoms with Gasteiger partial charge in [0.2, 0.25) is 5.91 Å². The van der Waals surface area contributed by atoms with Gasteiger partial charge in [-0.1, -0.05) is 11.6 Å². The third kappa shape index (κ3) is 2.33. The number of hydrogen-bond donors (Lipinski definition) is 3. The van der Waals surface area contributed by atoms with E-state index in [-0.39, 0.29) is 17.1 Å². The molecule has 2 heterocycles. The molecule has 1 aromatic heterocycles. The number of halogens is 1. The predicted octanol–water partition coefficient (Wildman–Crippen LogP) is 0.403. The summed E-state index contributed by atoms with van der Waals surface area (Å²) < 4.78 is 0. The van der Waals surface area contributed by atoms with Gasteiger partial charge in [0.05, 0.1) is 0 Å². The van der Waals surface area contributed by atoms with Crippen molar-refractivity contribution in [3.05, 3.63) is 11.5 Å². The van der Waals surface area contributed by atoms with Gasteiger partial charge in [-0.15, -0.1) is 0 Å². The van der Waals surface area contributed by atoms with Crippen LogP contribution < -0.4 is 16.4 Å². The van der Waals surface area contributed by atoms with Gasteiger partial charge in [-0.2, -0.15) is 0 Å². The average Bonchev–Trinajstić information content (AvgIpc) is 2.67. The summed E-state index contributed by atoms with van der Waals surface area (Å²) >= 11 is 5.75. The Bertz CT molecular complexity index is 411. The van der Waals surface area contributed by atoms with Crippen LogP contribution in [0.4, 0.5) is 11.5 Å². The topological polar surface area (TPSA) is 92.9 Å². The van der Waals surface area contributed by atoms with Crippen LogP contribution >= 0.6 is 11.6 Å². The molecule has 1 aliphatic heterocycles. The number of aromatic nitrogens is 2. The van der Waals surface area contributed by atoms with Crippen LogP contribution in [0.3, 0.4) is 0 Å². The molecule has 0 aliphatic carbocycles. The monoisotopic (exact) mass is 241 g/mol. The largest absolute Gasteiger partial charge is 0.393 e. The van der Waals surface area contributed by atoms with Gasteiger partial charge < -0.3 is 16.4 Å². The molecule has 0 aromatic carbocycles. The lowest BCUT2D eigenvalue weighted by atomic mass is 10.2. The molecule has 1 aliphatic rings. The Hall–Kier alpha value is -1.56. The second-order valence-corrected chi connectivity index (χ2v) is 3.97. The Labute approximate surface area is 97.6 Å². The lowest BCUT2D eigenvalue weighted by molar-refractivity contribution is -0.119. The number of rotatable bonds is 3. The van der Waals surface area contributed by atoms with E-state index in [0.717, 1.165) is 6.42 Å². The Morgan fingerprint density at radius 2 is 2.44 bits per heavy atom. The first-order chi connectivity index (χ1) is 7.66. The van der Waals surface area contributed by atoms with Crippen LogP contribution in [0, 0.1) is 0 Å². The molecule has 1 saturated heterocycles. The highest BCUT2D eigenvalue weighted by atomic mass is 35.5. The van der Waals surface area contributed by atoms with Gasteiger partial charge in [-0.3, -0.25) is 4.79 Å². The van der Waals surface area contributed by atoms with Crippen LogP contribution in [0.25, 0.3) is 0 Å². The van der Waals surface area contributed by atoms with Crippen molar-refractivity contribution < 1.29 is 4.79 Å². The number of nitrogens with two attached hydrogens (primary N) is 1. The van der Waals surface area contributed by atoms with E-state index in [1.807, 2.05) is 0 Å². The molecule has 0 radical (unpaired) electrons. The van der Waals surface area contributed by atoms with Crippen molar-refractivity contribution in [3.8, 4) is 0 Å². The first kappa shape index (κ1) is 10.9. The van der Waals surface area contributed by atoms with Crippen LogP contribution in [0.1, 0.15) is 12.8 Å². The van der Waals surface area contributed by atoms with E-state index in [1.165, 1.54) is 6.33 Å². The fourth-order valence-electron chi connectivity index (χ4n) is 1.57. The van der Waals surface area contributed by atoms with E-state index in [4.69, 9.17) is 17.3 Å². The second kappa shape index (κ2) is 4.52. The Morgan fingerprint density at radius 1 is 1.62 bits per heavy atom. The maximum Gasteiger partial charge on any atom is 0.220 e. The van der Waals surface area contributed by atoms with Gasteiger partial charge in [0.1, 0.15) is 12.0 Å². The number of hydrogen-bond acceptors (Lipinski definition) is 5. The molecule has 4 N–H and O–H groups in total. The van der Waals surface area contributed by atoms with Crippen LogP contribution in [-0.2, 0) is 4.79 Å². The molecule has 1 amide bonds. The maximum atomic E-state index is 11.0. The minimum atomic E-state index is 0.0838. The standard InChI is InChI=1S/C9H12ClN5O/c10-8-7(11)9(14-4-13-8)12-3-5-1-2-6(16)15-5/h4-5H,1-3,11H2,(H,15,16)(H,12,13,14). The van der Waals surface area contributed by atoms with E-state index in [0.29, 0.717) is 24.5 Å². The Kier molecular flexibility index (Phi) is 3.09. The van der Waals surface area contributed by atoms with Crippen molar-refractivity contribution in [1.82, 2.24) is 15.3 Å². The third-order valence-electron chi connectivity index (χ3n) is 2.44. The molecule has 86 valence electrons. The Balaban J connectivity index is 1.94. The molecule has 1 fully saturated rings. The predicted molar refractivity (Wildman–Crippen MR) is 61.1 cm³/mol. The molecule has 6 nitrogen and oxygen atoms in total. The number of anilines is 2. The second-order valence-electron chi connectivity index (χ2n) is 3.61. The van der Waals surface area contributed by atoms with E-state index in [2.05, 4.69) is 20.6 Å². The summed E-state index contributed by atoms with van der Waals surface area (Å²) in [5, 5.41) is 6.11. The average molecular weight is 242 g/mol. The zero-order chi connectivity index (χ0) is 11.5. The van der Waals surface area contributed by atoms with E-state index >= 15 is 0 Å². The van der Waals surface area contributed by atoms with Gasteiger partial charge in [0.15, 0.2) is 11.0 Å². The number of amides is 1. The number of carbonyl (C=O) groups excluding carboxylic acids is 1. The van der Waals surface area contributed by atoms with Gasteiger partial charge in [0.25, 0.3) is 0 Å². The maximum absolute atomic E-state index is 11.0. The lowest BCUT2D eigenvalue weighted by Gasteiger charge is -2.13. The summed E-state index contributed by atoms with van der Waals surface area (Å²) in [7, 11) is 0. The molecule has 1 aromatic rings. The summed E-state index contributed by atoms with van der Waals surface area (Å²) in [5.74, 6) is 0.585. The molecule has 7 heteroatoms. The van der Waals surface area contributed by atoms with Crippen LogP contribution in [0.5, 0.6) is 0 Å². The van der Waals surface area contributed by atoms with Gasteiger partial charge in [-0.05, 0) is 6.42 Å². The first-order valence-corrected chi connectivity index (χ1v) is 5.34. The summed E-state index contributed by atoms with van der Waals surface area (Å²) in [6.07, 6.45) is 2.74. The molecule has 2 rings (SSSR count). The molecule has 0 bridgehead atoms. The minimum Gasteiger partial charge on any atom is -0.393 e. The molecule has 1 atom stereocenters. The summed E-state index contributed by atoms with van der Waals surface area (Å²) in [4.78, 5) is 18.7. The molecule has 16 heavy (non-hydrogen) atoms. The quantitative estimate of drug-likeness (QED) is 0.667. The van der Waals surface area contributed by atoms with E-state index in [1.54, 1.807) is 0 Å². The smallest absolute Gasteiger partial charge is 0.220 e. The van der Waals surface area contributed by atoms with Crippen LogP contribution in [-0.4, -0.2) is 28.5 Å². The number of carbonyl (C=O) groups is 1. The fraction of sp³-hybridized carbons (Fsp3) is 0.444. The van der Waals surface area contributed by atoms with E-state index < -0.39 is 0 Å². The summed E-state index contributed by atoms with van der Waals surface area (Å²) in [6, 6.07) is 0.126. The van der Waals surface area contributed by atoms with Crippen LogP contribution in [0.15, 0.2) is 6.33 Å². The van der Waals surface area contributed by atoms with Crippen LogP contribution in [0.2, 0.25) is 5.15 Å². The number of nitrogens with zero attached hydrogens (tertiary/aromatic N) is 2. The molecule has 0 spiro atoms. The first-order valence-electron chi connectivity index (χ1n) is 4.96. The molecule has 1 unspecified atom stereocenters. The van der Waals surface area contributed by atoms with Crippen molar-refractivity contribution in [1.29, 1.82) is 0 Å². The van der Waals surface area contributed by atoms with E-state index in [9.17, 15) is 4.79 Å². The third-order valence-corrected chi connectivity index (χ3v) is 2.74. The normalized spacial score (nSPS) is 19.6. The van der Waals surface area contributed by atoms with Gasteiger partial charge >= 0.3 is 0 Å². The zero-order valence-electron chi connectivity index (χ0n) is 8.53. The zero-order valence-corrected chi connectivity index (χ0v) is 9.29. The highest BCUT2D eigenvalue weighted by Crippen LogP contribution is 2.22. The summed E-state index contributed by atoms with van der Waals surface area (Å²) in [5.41, 5.74) is 6.02. The highest BCUT2D eigenvalue weighted by Gasteiger charge is 2.20. The molecular formula is C9H12ClN5O. The molecular weight excluding hydrogens is 230 g/mol. The number of nitrogens with one attached hydrogen (secondary N) is 2. The van der Waals surface area contributed by atoms with Crippen molar-refractivity contribution in [2.45, 2.75) is 18.9 Å². The lowest BCUT2D eigenvalue weighted by Crippen LogP contribution is -2.32. The van der Waals surface area contributed by atoms with Gasteiger partial charge in [0, 0.05) is 19.0 Å². The van der Waals surface area contributed by atoms with Crippen molar-refractivity contribution >= 4 is 29.0 Å². The number of nitrogen functional groups attached to an aromatic ring is 1. The Morgan fingerprint density at radius 3 is 3.12 bits per heavy atom. The van der Waals surface area contributed by atoms with Crippen molar-refractivity contribution in [3.63, 3.8) is 0 Å². The minimum absolute atomic E-state index is 0.0838. The summed E-state index contributed by atoms with van der Waals surface area (Å²) in [6.45, 7) is 0.587. The molecule has 0 saturated carbocycles. The highest BCUT2D eigenvalue weighted by molar-refractivity contribution is 6.32. The van der Waals surface area contributed by atoms with Crippen molar-refractivity contribution in [2.24, 2.45) is 0 Å². The fourth-order valence-corrected chi connectivity index (χ4v) is 1.70. The van der Waals surface area contributed by atoms with Crippen molar-refractivity contribution in [2.75, 3.05) is 17.6 Å². The van der Waals surface area contributed by atoms with Gasteiger partial charge in [-0.25, -0.2) is 9.97 Å².